The maximum atomic E-state index is 12.1. The number of alkyl carbamates (subject to hydrolysis) is 1. The first-order chi connectivity index (χ1) is 11.4. The molecule has 1 unspecified atom stereocenters. The van der Waals surface area contributed by atoms with E-state index in [0.717, 1.165) is 31.2 Å². The van der Waals surface area contributed by atoms with Crippen LogP contribution in [0, 0.1) is 5.92 Å². The number of hydrogen-bond acceptors (Lipinski definition) is 4. The van der Waals surface area contributed by atoms with Gasteiger partial charge in [0.15, 0.2) is 0 Å². The van der Waals surface area contributed by atoms with Crippen LogP contribution in [0.3, 0.4) is 0 Å². The van der Waals surface area contributed by atoms with E-state index in [0.29, 0.717) is 6.42 Å². The van der Waals surface area contributed by atoms with Gasteiger partial charge in [-0.3, -0.25) is 0 Å². The molecule has 1 fully saturated rings. The van der Waals surface area contributed by atoms with Crippen LogP contribution in [0.1, 0.15) is 44.1 Å². The fourth-order valence-electron chi connectivity index (χ4n) is 3.15. The largest absolute Gasteiger partial charge is 0.445 e. The van der Waals surface area contributed by atoms with Crippen molar-refractivity contribution in [3.63, 3.8) is 0 Å². The number of carbonyl (C=O) groups is 1. The lowest BCUT2D eigenvalue weighted by atomic mass is 9.83. The molecule has 1 aromatic carbocycles. The third kappa shape index (κ3) is 7.09. The van der Waals surface area contributed by atoms with Gasteiger partial charge in [-0.2, -0.15) is 0 Å². The quantitative estimate of drug-likeness (QED) is 0.737. The van der Waals surface area contributed by atoms with Gasteiger partial charge in [-0.05, 0) is 30.7 Å². The van der Waals surface area contributed by atoms with Gasteiger partial charge in [-0.25, -0.2) is 13.2 Å². The van der Waals surface area contributed by atoms with Crippen LogP contribution >= 0.6 is 10.7 Å². The molecule has 1 aromatic rings. The summed E-state index contributed by atoms with van der Waals surface area (Å²) < 4.78 is 27.7. The number of halogens is 1. The summed E-state index contributed by atoms with van der Waals surface area (Å²) in [5, 5.41) is 2.85. The maximum absolute atomic E-state index is 12.1. The van der Waals surface area contributed by atoms with Gasteiger partial charge in [0, 0.05) is 16.7 Å². The topological polar surface area (TPSA) is 72.5 Å². The Morgan fingerprint density at radius 3 is 2.50 bits per heavy atom. The van der Waals surface area contributed by atoms with Gasteiger partial charge in [-0.15, -0.1) is 0 Å². The minimum absolute atomic E-state index is 0.144. The van der Waals surface area contributed by atoms with Crippen molar-refractivity contribution in [2.75, 3.05) is 5.75 Å². The third-order valence-electron chi connectivity index (χ3n) is 4.41. The van der Waals surface area contributed by atoms with Crippen molar-refractivity contribution in [3.8, 4) is 0 Å². The van der Waals surface area contributed by atoms with Gasteiger partial charge in [0.25, 0.3) is 0 Å². The molecule has 134 valence electrons. The lowest BCUT2D eigenvalue weighted by Gasteiger charge is -2.30. The van der Waals surface area contributed by atoms with Gasteiger partial charge in [0.1, 0.15) is 6.61 Å². The van der Waals surface area contributed by atoms with Gasteiger partial charge in [0.2, 0.25) is 9.05 Å². The number of amides is 1. The summed E-state index contributed by atoms with van der Waals surface area (Å²) in [4.78, 5) is 12.1. The molecule has 7 heteroatoms. The van der Waals surface area contributed by atoms with E-state index in [1.165, 1.54) is 6.42 Å². The predicted octanol–water partition coefficient (Wildman–Crippen LogP) is 3.82. The Morgan fingerprint density at radius 1 is 1.21 bits per heavy atom. The highest BCUT2D eigenvalue weighted by Gasteiger charge is 2.26. The zero-order valence-electron chi connectivity index (χ0n) is 13.6. The number of carbonyl (C=O) groups excluding carboxylic acids is 1. The molecule has 0 bridgehead atoms. The second kappa shape index (κ2) is 9.28. The van der Waals surface area contributed by atoms with E-state index >= 15 is 0 Å². The summed E-state index contributed by atoms with van der Waals surface area (Å²) in [6.07, 6.45) is 5.19. The Hall–Kier alpha value is -1.27. The first-order valence-corrected chi connectivity index (χ1v) is 10.8. The van der Waals surface area contributed by atoms with Crippen molar-refractivity contribution >= 4 is 25.8 Å². The minimum Gasteiger partial charge on any atom is -0.445 e. The van der Waals surface area contributed by atoms with Crippen LogP contribution in [0.15, 0.2) is 30.3 Å². The highest BCUT2D eigenvalue weighted by Crippen LogP contribution is 2.28. The van der Waals surface area contributed by atoms with E-state index in [1.54, 1.807) is 0 Å². The van der Waals surface area contributed by atoms with Crippen LogP contribution < -0.4 is 5.32 Å². The van der Waals surface area contributed by atoms with E-state index < -0.39 is 15.1 Å². The molecule has 0 radical (unpaired) electrons. The SMILES string of the molecule is O=C(NC(CCS(=O)(=O)Cl)C1CCCCC1)OCc1ccccc1. The Morgan fingerprint density at radius 2 is 1.88 bits per heavy atom. The van der Waals surface area contributed by atoms with E-state index in [1.807, 2.05) is 30.3 Å². The molecule has 5 nitrogen and oxygen atoms in total. The highest BCUT2D eigenvalue weighted by molar-refractivity contribution is 8.13. The molecule has 1 N–H and O–H groups in total. The average molecular weight is 374 g/mol. The molecule has 1 amide bonds. The van der Waals surface area contributed by atoms with Crippen LogP contribution in [0.2, 0.25) is 0 Å². The van der Waals surface area contributed by atoms with E-state index in [-0.39, 0.29) is 24.3 Å². The molecule has 1 aliphatic rings. The van der Waals surface area contributed by atoms with Crippen LogP contribution in [-0.4, -0.2) is 26.3 Å². The van der Waals surface area contributed by atoms with Crippen LogP contribution in [0.4, 0.5) is 4.79 Å². The van der Waals surface area contributed by atoms with Crippen molar-refractivity contribution in [1.82, 2.24) is 5.32 Å². The summed E-state index contributed by atoms with van der Waals surface area (Å²) in [7, 11) is 1.75. The number of ether oxygens (including phenoxy) is 1. The molecule has 0 aliphatic heterocycles. The van der Waals surface area contributed by atoms with Gasteiger partial charge >= 0.3 is 6.09 Å². The minimum atomic E-state index is -3.57. The van der Waals surface area contributed by atoms with Crippen LogP contribution in [0.5, 0.6) is 0 Å². The maximum Gasteiger partial charge on any atom is 0.407 e. The smallest absolute Gasteiger partial charge is 0.407 e. The molecule has 2 rings (SSSR count). The lowest BCUT2D eigenvalue weighted by Crippen LogP contribution is -2.42. The summed E-state index contributed by atoms with van der Waals surface area (Å²) in [5.74, 6) is 0.135. The number of rotatable bonds is 7. The molecule has 0 heterocycles. The molecule has 1 aliphatic carbocycles. The normalized spacial score (nSPS) is 17.2. The Bertz CT molecular complexity index is 615. The van der Waals surface area contributed by atoms with Crippen LogP contribution in [0.25, 0.3) is 0 Å². The molecule has 0 aromatic heterocycles. The van der Waals surface area contributed by atoms with Gasteiger partial charge in [-0.1, -0.05) is 49.6 Å². The fraction of sp³-hybridized carbons (Fsp3) is 0.588. The molecule has 24 heavy (non-hydrogen) atoms. The molecule has 1 atom stereocenters. The molecule has 0 spiro atoms. The van der Waals surface area contributed by atoms with Crippen LogP contribution in [-0.2, 0) is 20.4 Å². The lowest BCUT2D eigenvalue weighted by molar-refractivity contribution is 0.128. The predicted molar refractivity (Wildman–Crippen MR) is 94.4 cm³/mol. The van der Waals surface area contributed by atoms with Crippen molar-refractivity contribution in [1.29, 1.82) is 0 Å². The monoisotopic (exact) mass is 373 g/mol. The van der Waals surface area contributed by atoms with Gasteiger partial charge < -0.3 is 10.1 Å². The number of benzene rings is 1. The van der Waals surface area contributed by atoms with Crippen molar-refractivity contribution < 1.29 is 17.9 Å². The van der Waals surface area contributed by atoms with E-state index in [2.05, 4.69) is 5.32 Å². The highest BCUT2D eigenvalue weighted by atomic mass is 35.7. The summed E-state index contributed by atoms with van der Waals surface area (Å²) >= 11 is 0. The van der Waals surface area contributed by atoms with Crippen molar-refractivity contribution in [3.05, 3.63) is 35.9 Å². The average Bonchev–Trinajstić information content (AvgIpc) is 2.57. The van der Waals surface area contributed by atoms with E-state index in [9.17, 15) is 13.2 Å². The second-order valence-electron chi connectivity index (χ2n) is 6.24. The van der Waals surface area contributed by atoms with E-state index in [4.69, 9.17) is 15.4 Å². The summed E-state index contributed by atoms with van der Waals surface area (Å²) in [6.45, 7) is 0.192. The fourth-order valence-corrected chi connectivity index (χ4v) is 3.95. The third-order valence-corrected chi connectivity index (χ3v) is 5.59. The number of nitrogens with one attached hydrogen (secondary N) is 1. The molecular weight excluding hydrogens is 350 g/mol. The molecule has 0 saturated heterocycles. The van der Waals surface area contributed by atoms with Crippen molar-refractivity contribution in [2.24, 2.45) is 5.92 Å². The zero-order valence-corrected chi connectivity index (χ0v) is 15.2. The summed E-state index contributed by atoms with van der Waals surface area (Å²) in [6, 6.07) is 9.20. The second-order valence-corrected chi connectivity index (χ2v) is 9.14. The first kappa shape index (κ1) is 19.1. The van der Waals surface area contributed by atoms with Gasteiger partial charge in [0.05, 0.1) is 5.75 Å². The summed E-state index contributed by atoms with van der Waals surface area (Å²) in [5.41, 5.74) is 0.908. The Labute approximate surface area is 148 Å². The zero-order chi connectivity index (χ0) is 17.4. The molecule has 1 saturated carbocycles. The molecular formula is C17H24ClNO4S. The Balaban J connectivity index is 1.89. The van der Waals surface area contributed by atoms with Crippen molar-refractivity contribution in [2.45, 2.75) is 51.2 Å². The first-order valence-electron chi connectivity index (χ1n) is 8.33. The standard InChI is InChI=1S/C17H24ClNO4S/c18-24(21,22)12-11-16(15-9-5-2-6-10-15)19-17(20)23-13-14-7-3-1-4-8-14/h1,3-4,7-8,15-16H,2,5-6,9-13H2,(H,19,20). The Kier molecular flexibility index (Phi) is 7.37. The number of hydrogen-bond donors (Lipinski definition) is 1.